The maximum atomic E-state index is 12.6. The Kier molecular flexibility index (Phi) is 5.55. The molecule has 3 heterocycles. The molecule has 27 heavy (non-hydrogen) atoms. The molecule has 0 unspecified atom stereocenters. The standard InChI is InChI=1S/C19H21N3O4S/c1-4-11(2)9-14-12(3)27-18-16(14)17(23)20-15(21-18)10-26-19(24)13-5-7-22(25)8-6-13/h5-8,11H,4,9-10H2,1-3H3,(H,20,21,23)/t11-/m0/s1. The molecule has 0 saturated carbocycles. The zero-order valence-corrected chi connectivity index (χ0v) is 16.3. The summed E-state index contributed by atoms with van der Waals surface area (Å²) in [6.07, 6.45) is 4.32. The monoisotopic (exact) mass is 387 g/mol. The second-order valence-electron chi connectivity index (χ2n) is 6.57. The normalized spacial score (nSPS) is 12.3. The van der Waals surface area contributed by atoms with Crippen LogP contribution in [0, 0.1) is 18.0 Å². The summed E-state index contributed by atoms with van der Waals surface area (Å²) < 4.78 is 5.78. The number of H-pyrrole nitrogens is 1. The summed E-state index contributed by atoms with van der Waals surface area (Å²) in [7, 11) is 0. The number of ether oxygens (including phenoxy) is 1. The van der Waals surface area contributed by atoms with Crippen molar-refractivity contribution in [3.63, 3.8) is 0 Å². The number of aromatic nitrogens is 3. The molecule has 3 aromatic rings. The highest BCUT2D eigenvalue weighted by molar-refractivity contribution is 7.18. The highest BCUT2D eigenvalue weighted by atomic mass is 32.1. The van der Waals surface area contributed by atoms with Crippen molar-refractivity contribution in [2.24, 2.45) is 5.92 Å². The van der Waals surface area contributed by atoms with Crippen molar-refractivity contribution in [3.05, 3.63) is 61.9 Å². The Morgan fingerprint density at radius 3 is 2.78 bits per heavy atom. The molecule has 8 heteroatoms. The molecule has 0 bridgehead atoms. The quantitative estimate of drug-likeness (QED) is 0.398. The molecular weight excluding hydrogens is 366 g/mol. The predicted octanol–water partition coefficient (Wildman–Crippen LogP) is 2.87. The first-order chi connectivity index (χ1) is 12.9. The third-order valence-electron chi connectivity index (χ3n) is 4.54. The topological polar surface area (TPSA) is 99.0 Å². The SMILES string of the molecule is CC[C@H](C)Cc1c(C)sc2nc(COC(=O)c3cc[n+]([O-])cc3)[nH]c(=O)c12. The van der Waals surface area contributed by atoms with Gasteiger partial charge in [-0.1, -0.05) is 20.3 Å². The van der Waals surface area contributed by atoms with Gasteiger partial charge in [0, 0.05) is 17.0 Å². The smallest absolute Gasteiger partial charge is 0.339 e. The number of aromatic amines is 1. The average molecular weight is 387 g/mol. The van der Waals surface area contributed by atoms with E-state index < -0.39 is 5.97 Å². The van der Waals surface area contributed by atoms with Crippen LogP contribution in [0.1, 0.15) is 46.9 Å². The van der Waals surface area contributed by atoms with Crippen LogP contribution in [0.3, 0.4) is 0 Å². The fraction of sp³-hybridized carbons (Fsp3) is 0.368. The van der Waals surface area contributed by atoms with E-state index in [0.29, 0.717) is 26.7 Å². The highest BCUT2D eigenvalue weighted by Crippen LogP contribution is 2.29. The van der Waals surface area contributed by atoms with Crippen molar-refractivity contribution < 1.29 is 14.3 Å². The predicted molar refractivity (Wildman–Crippen MR) is 103 cm³/mol. The molecule has 142 valence electrons. The van der Waals surface area contributed by atoms with Crippen LogP contribution >= 0.6 is 11.3 Å². The number of pyridine rings is 1. The number of esters is 1. The molecule has 0 aliphatic heterocycles. The second-order valence-corrected chi connectivity index (χ2v) is 7.77. The zero-order chi connectivity index (χ0) is 19.6. The van der Waals surface area contributed by atoms with E-state index in [2.05, 4.69) is 23.8 Å². The maximum absolute atomic E-state index is 12.6. The van der Waals surface area contributed by atoms with E-state index in [-0.39, 0.29) is 17.7 Å². The molecule has 0 amide bonds. The molecule has 0 saturated heterocycles. The Morgan fingerprint density at radius 2 is 2.11 bits per heavy atom. The van der Waals surface area contributed by atoms with Gasteiger partial charge in [-0.25, -0.2) is 9.78 Å². The Balaban J connectivity index is 1.81. The van der Waals surface area contributed by atoms with Crippen molar-refractivity contribution >= 4 is 27.5 Å². The fourth-order valence-corrected chi connectivity index (χ4v) is 3.87. The molecular formula is C19H21N3O4S. The molecule has 0 radical (unpaired) electrons. The van der Waals surface area contributed by atoms with Gasteiger partial charge in [-0.3, -0.25) is 4.79 Å². The van der Waals surface area contributed by atoms with Crippen LogP contribution in [0.25, 0.3) is 10.2 Å². The van der Waals surface area contributed by atoms with Crippen molar-refractivity contribution in [3.8, 4) is 0 Å². The Bertz CT molecular complexity index is 1020. The van der Waals surface area contributed by atoms with E-state index >= 15 is 0 Å². The van der Waals surface area contributed by atoms with Gasteiger partial charge < -0.3 is 14.9 Å². The number of fused-ring (bicyclic) bond motifs is 1. The molecule has 3 rings (SSSR count). The lowest BCUT2D eigenvalue weighted by Crippen LogP contribution is -2.24. The van der Waals surface area contributed by atoms with Gasteiger partial charge >= 0.3 is 5.97 Å². The van der Waals surface area contributed by atoms with Crippen LogP contribution in [0.5, 0.6) is 0 Å². The van der Waals surface area contributed by atoms with Crippen molar-refractivity contribution in [1.82, 2.24) is 9.97 Å². The van der Waals surface area contributed by atoms with Gasteiger partial charge in [0.15, 0.2) is 12.4 Å². The van der Waals surface area contributed by atoms with Crippen molar-refractivity contribution in [2.45, 2.75) is 40.2 Å². The van der Waals surface area contributed by atoms with Gasteiger partial charge in [-0.15, -0.1) is 11.3 Å². The lowest BCUT2D eigenvalue weighted by atomic mass is 9.98. The summed E-state index contributed by atoms with van der Waals surface area (Å²) in [5.41, 5.74) is 1.10. The minimum atomic E-state index is -0.585. The van der Waals surface area contributed by atoms with Crippen LogP contribution in [0.15, 0.2) is 29.3 Å². The van der Waals surface area contributed by atoms with E-state index in [1.807, 2.05) is 6.92 Å². The summed E-state index contributed by atoms with van der Waals surface area (Å²) in [5, 5.41) is 11.7. The van der Waals surface area contributed by atoms with Crippen LogP contribution in [0.4, 0.5) is 0 Å². The van der Waals surface area contributed by atoms with E-state index in [4.69, 9.17) is 4.74 Å². The Hall–Kier alpha value is -2.74. The van der Waals surface area contributed by atoms with Gasteiger partial charge in [-0.2, -0.15) is 4.73 Å². The van der Waals surface area contributed by atoms with E-state index in [1.165, 1.54) is 35.9 Å². The number of carbonyl (C=O) groups is 1. The van der Waals surface area contributed by atoms with Crippen LogP contribution in [-0.4, -0.2) is 15.9 Å². The number of hydrogen-bond acceptors (Lipinski definition) is 6. The lowest BCUT2D eigenvalue weighted by molar-refractivity contribution is -0.605. The maximum Gasteiger partial charge on any atom is 0.339 e. The first-order valence-corrected chi connectivity index (χ1v) is 9.57. The number of rotatable bonds is 6. The first-order valence-electron chi connectivity index (χ1n) is 8.76. The van der Waals surface area contributed by atoms with Gasteiger partial charge in [-0.05, 0) is 24.8 Å². The van der Waals surface area contributed by atoms with Crippen LogP contribution in [0.2, 0.25) is 0 Å². The van der Waals surface area contributed by atoms with Crippen LogP contribution < -0.4 is 10.3 Å². The molecule has 1 N–H and O–H groups in total. The molecule has 0 spiro atoms. The van der Waals surface area contributed by atoms with Crippen LogP contribution in [-0.2, 0) is 17.8 Å². The Labute approximate surface area is 160 Å². The van der Waals surface area contributed by atoms with Gasteiger partial charge in [0.2, 0.25) is 0 Å². The minimum Gasteiger partial charge on any atom is -0.619 e. The van der Waals surface area contributed by atoms with Gasteiger partial charge in [0.05, 0.1) is 10.9 Å². The molecule has 0 aliphatic carbocycles. The number of hydrogen-bond donors (Lipinski definition) is 1. The second kappa shape index (κ2) is 7.87. The summed E-state index contributed by atoms with van der Waals surface area (Å²) in [5.74, 6) is 0.199. The summed E-state index contributed by atoms with van der Waals surface area (Å²) in [6.45, 7) is 6.15. The minimum absolute atomic E-state index is 0.145. The molecule has 0 aromatic carbocycles. The molecule has 1 atom stereocenters. The first kappa shape index (κ1) is 19.0. The number of thiophene rings is 1. The van der Waals surface area contributed by atoms with Gasteiger partial charge in [0.1, 0.15) is 17.3 Å². The molecule has 3 aromatic heterocycles. The van der Waals surface area contributed by atoms with E-state index in [0.717, 1.165) is 23.3 Å². The Morgan fingerprint density at radius 1 is 1.41 bits per heavy atom. The molecule has 0 aliphatic rings. The van der Waals surface area contributed by atoms with E-state index in [9.17, 15) is 14.8 Å². The highest BCUT2D eigenvalue weighted by Gasteiger charge is 2.17. The third-order valence-corrected chi connectivity index (χ3v) is 5.58. The molecule has 7 nitrogen and oxygen atoms in total. The summed E-state index contributed by atoms with van der Waals surface area (Å²) >= 11 is 1.48. The number of nitrogens with one attached hydrogen (secondary N) is 1. The van der Waals surface area contributed by atoms with Crippen molar-refractivity contribution in [1.29, 1.82) is 0 Å². The number of nitrogens with zero attached hydrogens (tertiary/aromatic N) is 2. The lowest BCUT2D eigenvalue weighted by Gasteiger charge is -2.08. The fourth-order valence-electron chi connectivity index (χ4n) is 2.79. The number of aryl methyl sites for hydroxylation is 1. The largest absolute Gasteiger partial charge is 0.619 e. The summed E-state index contributed by atoms with van der Waals surface area (Å²) in [6, 6.07) is 2.75. The van der Waals surface area contributed by atoms with E-state index in [1.54, 1.807) is 0 Å². The number of carbonyl (C=O) groups excluding carboxylic acids is 1. The van der Waals surface area contributed by atoms with Gasteiger partial charge in [0.25, 0.3) is 5.56 Å². The summed E-state index contributed by atoms with van der Waals surface area (Å²) in [4.78, 5) is 33.6. The average Bonchev–Trinajstić information content (AvgIpc) is 2.95. The third kappa shape index (κ3) is 4.16. The molecule has 0 fully saturated rings. The van der Waals surface area contributed by atoms with Crippen molar-refractivity contribution in [2.75, 3.05) is 0 Å². The zero-order valence-electron chi connectivity index (χ0n) is 15.4.